The highest BCUT2D eigenvalue weighted by molar-refractivity contribution is 7.98. The Morgan fingerprint density at radius 3 is 2.61 bits per heavy atom. The minimum Gasteiger partial charge on any atom is -0.477 e. The van der Waals surface area contributed by atoms with Crippen molar-refractivity contribution in [2.45, 2.75) is 11.2 Å². The first-order chi connectivity index (χ1) is 11.0. The number of aromatic nitrogens is 3. The van der Waals surface area contributed by atoms with Gasteiger partial charge in [0, 0.05) is 19.8 Å². The first kappa shape index (κ1) is 15.4. The summed E-state index contributed by atoms with van der Waals surface area (Å²) in [6, 6.07) is 7.65. The van der Waals surface area contributed by atoms with Crippen LogP contribution in [-0.2, 0) is 4.79 Å². The van der Waals surface area contributed by atoms with Crippen LogP contribution in [0.5, 0.6) is 0 Å². The van der Waals surface area contributed by atoms with Crippen LogP contribution in [0.25, 0.3) is 0 Å². The summed E-state index contributed by atoms with van der Waals surface area (Å²) >= 11 is 1.42. The van der Waals surface area contributed by atoms with Crippen LogP contribution in [0.1, 0.15) is 11.6 Å². The second kappa shape index (κ2) is 5.96. The Morgan fingerprint density at radius 2 is 2.04 bits per heavy atom. The standard InChI is InChI=1S/C15H17N5O2S/c1-19(2)10-6-4-9(5-7-10)12-8-11(13(21)22)16-14-17-15(23-3)18-20(12)14/h4-8,12H,1-3H3,(H,21,22)(H,16,17,18)/t12-/m0/s1. The molecule has 2 aromatic rings. The van der Waals surface area contributed by atoms with Crippen LogP contribution >= 0.6 is 11.8 Å². The fourth-order valence-electron chi connectivity index (χ4n) is 2.39. The fourth-order valence-corrected chi connectivity index (χ4v) is 2.74. The van der Waals surface area contributed by atoms with Gasteiger partial charge in [-0.2, -0.15) is 4.98 Å². The Morgan fingerprint density at radius 1 is 1.35 bits per heavy atom. The summed E-state index contributed by atoms with van der Waals surface area (Å²) in [4.78, 5) is 17.7. The Kier molecular flexibility index (Phi) is 3.99. The number of thioether (sulfide) groups is 1. The third kappa shape index (κ3) is 2.89. The SMILES string of the molecule is CSc1nc2n(n1)[C@H](c1ccc(N(C)C)cc1)C=C(C(=O)O)N2. The molecule has 0 bridgehead atoms. The topological polar surface area (TPSA) is 83.3 Å². The van der Waals surface area contributed by atoms with Crippen molar-refractivity contribution in [1.82, 2.24) is 14.8 Å². The largest absolute Gasteiger partial charge is 0.477 e. The van der Waals surface area contributed by atoms with Gasteiger partial charge in [0.1, 0.15) is 11.7 Å². The molecular weight excluding hydrogens is 314 g/mol. The summed E-state index contributed by atoms with van der Waals surface area (Å²) < 4.78 is 1.71. The van der Waals surface area contributed by atoms with E-state index in [1.54, 1.807) is 10.8 Å². The molecule has 8 heteroatoms. The molecular formula is C15H17N5O2S. The van der Waals surface area contributed by atoms with Gasteiger partial charge < -0.3 is 15.3 Å². The van der Waals surface area contributed by atoms with Gasteiger partial charge in [0.25, 0.3) is 0 Å². The van der Waals surface area contributed by atoms with Crippen molar-refractivity contribution < 1.29 is 9.90 Å². The predicted octanol–water partition coefficient (Wildman–Crippen LogP) is 2.05. The Hall–Kier alpha value is -2.48. The van der Waals surface area contributed by atoms with Gasteiger partial charge in [0.2, 0.25) is 11.1 Å². The van der Waals surface area contributed by atoms with Gasteiger partial charge in [0.15, 0.2) is 0 Å². The van der Waals surface area contributed by atoms with Crippen molar-refractivity contribution >= 4 is 29.4 Å². The first-order valence-corrected chi connectivity index (χ1v) is 8.22. The van der Waals surface area contributed by atoms with Gasteiger partial charge in [-0.15, -0.1) is 5.10 Å². The molecule has 1 aromatic heterocycles. The molecule has 2 heterocycles. The van der Waals surface area contributed by atoms with Gasteiger partial charge in [0.05, 0.1) is 0 Å². The van der Waals surface area contributed by atoms with E-state index in [0.717, 1.165) is 11.3 Å². The number of carbonyl (C=O) groups is 1. The number of hydrogen-bond acceptors (Lipinski definition) is 6. The Labute approximate surface area is 138 Å². The van der Waals surface area contributed by atoms with Crippen molar-refractivity contribution in [2.75, 3.05) is 30.6 Å². The molecule has 120 valence electrons. The van der Waals surface area contributed by atoms with Gasteiger partial charge in [-0.05, 0) is 30.0 Å². The maximum Gasteiger partial charge on any atom is 0.352 e. The molecule has 23 heavy (non-hydrogen) atoms. The summed E-state index contributed by atoms with van der Waals surface area (Å²) in [7, 11) is 3.95. The van der Waals surface area contributed by atoms with E-state index >= 15 is 0 Å². The summed E-state index contributed by atoms with van der Waals surface area (Å²) in [5, 5.41) is 17.2. The van der Waals surface area contributed by atoms with Crippen LogP contribution in [0, 0.1) is 0 Å². The number of carboxylic acids is 1. The minimum atomic E-state index is -1.01. The highest BCUT2D eigenvalue weighted by Crippen LogP contribution is 2.31. The quantitative estimate of drug-likeness (QED) is 0.830. The molecule has 0 fully saturated rings. The Balaban J connectivity index is 2.05. The number of benzene rings is 1. The van der Waals surface area contributed by atoms with E-state index in [4.69, 9.17) is 0 Å². The average Bonchev–Trinajstić information content (AvgIpc) is 2.97. The monoisotopic (exact) mass is 331 g/mol. The molecule has 3 rings (SSSR count). The number of nitrogens with one attached hydrogen (secondary N) is 1. The van der Waals surface area contributed by atoms with E-state index in [1.165, 1.54) is 11.8 Å². The number of nitrogens with zero attached hydrogens (tertiary/aromatic N) is 4. The number of anilines is 2. The lowest BCUT2D eigenvalue weighted by Crippen LogP contribution is -2.24. The molecule has 0 unspecified atom stereocenters. The van der Waals surface area contributed by atoms with Crippen molar-refractivity contribution in [2.24, 2.45) is 0 Å². The van der Waals surface area contributed by atoms with E-state index in [-0.39, 0.29) is 11.7 Å². The number of fused-ring (bicyclic) bond motifs is 1. The van der Waals surface area contributed by atoms with Crippen molar-refractivity contribution in [3.05, 3.63) is 41.6 Å². The van der Waals surface area contributed by atoms with Crippen LogP contribution in [0.15, 0.2) is 41.2 Å². The lowest BCUT2D eigenvalue weighted by molar-refractivity contribution is -0.132. The van der Waals surface area contributed by atoms with Gasteiger partial charge in [-0.1, -0.05) is 23.9 Å². The van der Waals surface area contributed by atoms with Crippen LogP contribution in [0.4, 0.5) is 11.6 Å². The number of allylic oxidation sites excluding steroid dienone is 1. The van der Waals surface area contributed by atoms with E-state index in [1.807, 2.05) is 49.5 Å². The number of aliphatic carboxylic acids is 1. The predicted molar refractivity (Wildman–Crippen MR) is 90.1 cm³/mol. The van der Waals surface area contributed by atoms with Crippen LogP contribution in [-0.4, -0.2) is 46.2 Å². The summed E-state index contributed by atoms with van der Waals surface area (Å²) in [6.07, 6.45) is 3.53. The summed E-state index contributed by atoms with van der Waals surface area (Å²) in [5.41, 5.74) is 2.14. The molecule has 0 saturated carbocycles. The average molecular weight is 331 g/mol. The van der Waals surface area contributed by atoms with Crippen LogP contribution in [0.2, 0.25) is 0 Å². The molecule has 0 amide bonds. The highest BCUT2D eigenvalue weighted by atomic mass is 32.2. The van der Waals surface area contributed by atoms with Gasteiger partial charge in [-0.3, -0.25) is 0 Å². The maximum atomic E-state index is 11.4. The third-order valence-electron chi connectivity index (χ3n) is 3.61. The lowest BCUT2D eigenvalue weighted by atomic mass is 10.0. The smallest absolute Gasteiger partial charge is 0.352 e. The number of hydrogen-bond donors (Lipinski definition) is 2. The summed E-state index contributed by atoms with van der Waals surface area (Å²) in [6.45, 7) is 0. The van der Waals surface area contributed by atoms with E-state index < -0.39 is 5.97 Å². The zero-order valence-electron chi connectivity index (χ0n) is 13.0. The zero-order valence-corrected chi connectivity index (χ0v) is 13.8. The normalized spacial score (nSPS) is 16.3. The molecule has 0 radical (unpaired) electrons. The van der Waals surface area contributed by atoms with Gasteiger partial charge in [-0.25, -0.2) is 9.48 Å². The zero-order chi connectivity index (χ0) is 16.6. The van der Waals surface area contributed by atoms with E-state index in [2.05, 4.69) is 15.4 Å². The highest BCUT2D eigenvalue weighted by Gasteiger charge is 2.27. The molecule has 1 aliphatic heterocycles. The van der Waals surface area contributed by atoms with Crippen molar-refractivity contribution in [3.8, 4) is 0 Å². The summed E-state index contributed by atoms with van der Waals surface area (Å²) in [5.74, 6) is -0.573. The number of rotatable bonds is 4. The van der Waals surface area contributed by atoms with Crippen LogP contribution < -0.4 is 10.2 Å². The molecule has 7 nitrogen and oxygen atoms in total. The Bertz CT molecular complexity index is 767. The first-order valence-electron chi connectivity index (χ1n) is 6.99. The second-order valence-electron chi connectivity index (χ2n) is 5.31. The third-order valence-corrected chi connectivity index (χ3v) is 4.15. The fraction of sp³-hybridized carbons (Fsp3) is 0.267. The van der Waals surface area contributed by atoms with Gasteiger partial charge >= 0.3 is 5.97 Å². The minimum absolute atomic E-state index is 0.110. The second-order valence-corrected chi connectivity index (χ2v) is 6.08. The molecule has 2 N–H and O–H groups in total. The van der Waals surface area contributed by atoms with Crippen molar-refractivity contribution in [3.63, 3.8) is 0 Å². The molecule has 0 aliphatic carbocycles. The lowest BCUT2D eigenvalue weighted by Gasteiger charge is -2.23. The van der Waals surface area contributed by atoms with E-state index in [0.29, 0.717) is 11.1 Å². The number of carboxylic acid groups (broad SMARTS) is 1. The molecule has 1 aliphatic rings. The molecule has 1 atom stereocenters. The molecule has 0 spiro atoms. The van der Waals surface area contributed by atoms with E-state index in [9.17, 15) is 9.90 Å². The van der Waals surface area contributed by atoms with Crippen molar-refractivity contribution in [1.29, 1.82) is 0 Å². The van der Waals surface area contributed by atoms with Crippen LogP contribution in [0.3, 0.4) is 0 Å². The maximum absolute atomic E-state index is 11.4. The molecule has 1 aromatic carbocycles. The molecule has 0 saturated heterocycles.